The Bertz CT molecular complexity index is 467. The Balaban J connectivity index is 3.00. The van der Waals surface area contributed by atoms with Gasteiger partial charge in [0.1, 0.15) is 17.3 Å². The molecule has 0 amide bonds. The van der Waals surface area contributed by atoms with Crippen LogP contribution >= 0.6 is 27.5 Å². The summed E-state index contributed by atoms with van der Waals surface area (Å²) < 4.78 is 13.9. The highest BCUT2D eigenvalue weighted by molar-refractivity contribution is 9.10. The lowest BCUT2D eigenvalue weighted by atomic mass is 10.2. The van der Waals surface area contributed by atoms with E-state index in [1.54, 1.807) is 6.07 Å². The Kier molecular flexibility index (Phi) is 2.17. The normalized spacial score (nSPS) is 10.7. The zero-order valence-corrected chi connectivity index (χ0v) is 8.60. The highest BCUT2D eigenvalue weighted by atomic mass is 79.9. The molecular weight excluding hydrogens is 258 g/mol. The molecule has 0 bridgehead atoms. The molecule has 0 spiro atoms. The topological polar surface area (TPSA) is 25.8 Å². The summed E-state index contributed by atoms with van der Waals surface area (Å²) >= 11 is 8.97. The SMILES string of the molecule is Fc1ccc(Br)c2ncnc(Cl)c12. The number of hydrogen-bond acceptors (Lipinski definition) is 2. The highest BCUT2D eigenvalue weighted by Crippen LogP contribution is 2.27. The number of halogens is 3. The predicted octanol–water partition coefficient (Wildman–Crippen LogP) is 3.18. The molecular formula is C8H3BrClFN2. The summed E-state index contributed by atoms with van der Waals surface area (Å²) in [4.78, 5) is 7.62. The molecule has 0 aliphatic rings. The molecule has 0 saturated carbocycles. The molecule has 1 heterocycles. The number of fused-ring (bicyclic) bond motifs is 1. The summed E-state index contributed by atoms with van der Waals surface area (Å²) in [5.74, 6) is -0.413. The number of benzene rings is 1. The largest absolute Gasteiger partial charge is 0.235 e. The first-order valence-corrected chi connectivity index (χ1v) is 4.61. The Morgan fingerprint density at radius 2 is 2.08 bits per heavy atom. The third-order valence-corrected chi connectivity index (χ3v) is 2.57. The molecule has 2 aromatic rings. The molecule has 0 fully saturated rings. The first-order chi connectivity index (χ1) is 6.20. The van der Waals surface area contributed by atoms with Crippen LogP contribution in [0.15, 0.2) is 22.9 Å². The van der Waals surface area contributed by atoms with Crippen LogP contribution in [0, 0.1) is 5.82 Å². The number of rotatable bonds is 0. The minimum Gasteiger partial charge on any atom is -0.235 e. The zero-order valence-electron chi connectivity index (χ0n) is 6.26. The maximum atomic E-state index is 13.2. The van der Waals surface area contributed by atoms with E-state index in [0.717, 1.165) is 0 Å². The van der Waals surface area contributed by atoms with E-state index in [-0.39, 0.29) is 10.5 Å². The molecule has 0 N–H and O–H groups in total. The van der Waals surface area contributed by atoms with Gasteiger partial charge in [-0.1, -0.05) is 11.6 Å². The van der Waals surface area contributed by atoms with Gasteiger partial charge < -0.3 is 0 Å². The lowest BCUT2D eigenvalue weighted by molar-refractivity contribution is 0.639. The van der Waals surface area contributed by atoms with Crippen LogP contribution in [0.4, 0.5) is 4.39 Å². The lowest BCUT2D eigenvalue weighted by Gasteiger charge is -2.01. The summed E-state index contributed by atoms with van der Waals surface area (Å²) in [6.45, 7) is 0. The summed E-state index contributed by atoms with van der Waals surface area (Å²) in [5, 5.41) is 0.377. The van der Waals surface area contributed by atoms with Crippen LogP contribution in [0.5, 0.6) is 0 Å². The summed E-state index contributed by atoms with van der Waals surface area (Å²) in [7, 11) is 0. The van der Waals surface area contributed by atoms with Gasteiger partial charge in [-0.2, -0.15) is 0 Å². The van der Waals surface area contributed by atoms with Crippen molar-refractivity contribution in [2.45, 2.75) is 0 Å². The average Bonchev–Trinajstić information content (AvgIpc) is 2.12. The van der Waals surface area contributed by atoms with E-state index < -0.39 is 5.82 Å². The van der Waals surface area contributed by atoms with Crippen molar-refractivity contribution >= 4 is 38.4 Å². The second kappa shape index (κ2) is 3.20. The smallest absolute Gasteiger partial charge is 0.143 e. The third-order valence-electron chi connectivity index (χ3n) is 1.64. The van der Waals surface area contributed by atoms with E-state index in [1.807, 2.05) is 0 Å². The highest BCUT2D eigenvalue weighted by Gasteiger charge is 2.09. The van der Waals surface area contributed by atoms with Gasteiger partial charge in [-0.05, 0) is 28.1 Å². The van der Waals surface area contributed by atoms with Crippen LogP contribution in [-0.4, -0.2) is 9.97 Å². The molecule has 66 valence electrons. The van der Waals surface area contributed by atoms with Crippen LogP contribution in [-0.2, 0) is 0 Å². The second-order valence-corrected chi connectivity index (χ2v) is 3.63. The molecule has 13 heavy (non-hydrogen) atoms. The maximum absolute atomic E-state index is 13.2. The van der Waals surface area contributed by atoms with Gasteiger partial charge >= 0.3 is 0 Å². The third kappa shape index (κ3) is 1.40. The van der Waals surface area contributed by atoms with Crippen LogP contribution < -0.4 is 0 Å². The first kappa shape index (κ1) is 8.84. The van der Waals surface area contributed by atoms with Crippen LogP contribution in [0.2, 0.25) is 5.15 Å². The van der Waals surface area contributed by atoms with Crippen LogP contribution in [0.1, 0.15) is 0 Å². The van der Waals surface area contributed by atoms with Gasteiger partial charge in [0.25, 0.3) is 0 Å². The Morgan fingerprint density at radius 1 is 1.31 bits per heavy atom. The molecule has 0 radical (unpaired) electrons. The van der Waals surface area contributed by atoms with E-state index in [0.29, 0.717) is 9.99 Å². The maximum Gasteiger partial charge on any atom is 0.143 e. The minimum absolute atomic E-state index is 0.129. The molecule has 0 aliphatic carbocycles. The molecule has 0 aliphatic heterocycles. The van der Waals surface area contributed by atoms with Gasteiger partial charge in [-0.15, -0.1) is 0 Å². The van der Waals surface area contributed by atoms with Gasteiger partial charge in [0.15, 0.2) is 0 Å². The van der Waals surface area contributed by atoms with E-state index in [9.17, 15) is 4.39 Å². The van der Waals surface area contributed by atoms with Crippen molar-refractivity contribution in [1.29, 1.82) is 0 Å². The minimum atomic E-state index is -0.413. The van der Waals surface area contributed by atoms with E-state index in [4.69, 9.17) is 11.6 Å². The molecule has 2 nitrogen and oxygen atoms in total. The van der Waals surface area contributed by atoms with Crippen molar-refractivity contribution in [3.05, 3.63) is 33.9 Å². The van der Waals surface area contributed by atoms with Crippen molar-refractivity contribution in [2.24, 2.45) is 0 Å². The van der Waals surface area contributed by atoms with Crippen LogP contribution in [0.3, 0.4) is 0 Å². The summed E-state index contributed by atoms with van der Waals surface area (Å²) in [5.41, 5.74) is 0.486. The van der Waals surface area contributed by atoms with Gasteiger partial charge in [-0.25, -0.2) is 14.4 Å². The molecule has 0 atom stereocenters. The van der Waals surface area contributed by atoms with Gasteiger partial charge in [0, 0.05) is 4.47 Å². The molecule has 1 aromatic heterocycles. The number of aromatic nitrogens is 2. The average molecular weight is 261 g/mol. The quantitative estimate of drug-likeness (QED) is 0.681. The Labute approximate surface area is 86.9 Å². The molecule has 2 rings (SSSR count). The van der Waals surface area contributed by atoms with Crippen molar-refractivity contribution < 1.29 is 4.39 Å². The fraction of sp³-hybridized carbons (Fsp3) is 0. The van der Waals surface area contributed by atoms with E-state index in [2.05, 4.69) is 25.9 Å². The lowest BCUT2D eigenvalue weighted by Crippen LogP contribution is -1.88. The van der Waals surface area contributed by atoms with Gasteiger partial charge in [0.2, 0.25) is 0 Å². The Hall–Kier alpha value is -0.740. The fourth-order valence-electron chi connectivity index (χ4n) is 1.07. The number of nitrogens with zero attached hydrogens (tertiary/aromatic N) is 2. The van der Waals surface area contributed by atoms with Gasteiger partial charge in [-0.3, -0.25) is 0 Å². The van der Waals surface area contributed by atoms with Crippen LogP contribution in [0.25, 0.3) is 10.9 Å². The van der Waals surface area contributed by atoms with Crippen molar-refractivity contribution in [3.8, 4) is 0 Å². The summed E-state index contributed by atoms with van der Waals surface area (Å²) in [6.07, 6.45) is 1.30. The standard InChI is InChI=1S/C8H3BrClFN2/c9-4-1-2-5(11)6-7(4)12-3-13-8(6)10/h1-3H. The van der Waals surface area contributed by atoms with Crippen molar-refractivity contribution in [1.82, 2.24) is 9.97 Å². The van der Waals surface area contributed by atoms with Crippen molar-refractivity contribution in [2.75, 3.05) is 0 Å². The van der Waals surface area contributed by atoms with Crippen molar-refractivity contribution in [3.63, 3.8) is 0 Å². The first-order valence-electron chi connectivity index (χ1n) is 3.44. The number of hydrogen-bond donors (Lipinski definition) is 0. The molecule has 1 aromatic carbocycles. The summed E-state index contributed by atoms with van der Waals surface area (Å²) in [6, 6.07) is 2.91. The zero-order chi connectivity index (χ0) is 9.42. The Morgan fingerprint density at radius 3 is 2.77 bits per heavy atom. The van der Waals surface area contributed by atoms with E-state index in [1.165, 1.54) is 12.4 Å². The second-order valence-electron chi connectivity index (χ2n) is 2.42. The van der Waals surface area contributed by atoms with E-state index >= 15 is 0 Å². The monoisotopic (exact) mass is 260 g/mol. The molecule has 0 unspecified atom stereocenters. The fourth-order valence-corrected chi connectivity index (χ4v) is 1.72. The van der Waals surface area contributed by atoms with Gasteiger partial charge in [0.05, 0.1) is 10.9 Å². The molecule has 0 saturated heterocycles. The predicted molar refractivity (Wildman–Crippen MR) is 52.2 cm³/mol. The molecule has 5 heteroatoms.